The summed E-state index contributed by atoms with van der Waals surface area (Å²) in [7, 11) is 1.55. The lowest BCUT2D eigenvalue weighted by Gasteiger charge is -2.26. The molecule has 0 saturated carbocycles. The van der Waals surface area contributed by atoms with Gasteiger partial charge in [-0.3, -0.25) is 14.5 Å². The van der Waals surface area contributed by atoms with Crippen LogP contribution < -0.4 is 9.47 Å². The second-order valence-corrected chi connectivity index (χ2v) is 7.45. The van der Waals surface area contributed by atoms with Crippen molar-refractivity contribution in [1.29, 1.82) is 0 Å². The smallest absolute Gasteiger partial charge is 0.280 e. The third-order valence-corrected chi connectivity index (χ3v) is 5.55. The first-order valence-electron chi connectivity index (χ1n) is 10.4. The predicted octanol–water partition coefficient (Wildman–Crippen LogP) is 3.61. The number of rotatable bonds is 7. The van der Waals surface area contributed by atoms with Gasteiger partial charge in [-0.2, -0.15) is 0 Å². The summed E-state index contributed by atoms with van der Waals surface area (Å²) >= 11 is 0. The number of para-hydroxylation sites is 1. The van der Waals surface area contributed by atoms with Gasteiger partial charge in [-0.15, -0.1) is 10.2 Å². The summed E-state index contributed by atoms with van der Waals surface area (Å²) in [4.78, 5) is 32.6. The van der Waals surface area contributed by atoms with Crippen LogP contribution in [0.3, 0.4) is 0 Å². The standard InChI is InChI=1S/C24H20N4O5/c1-3-32-20-11-15(8-9-19(20)31-2)18(12-21-27-25-13-33-21)28-23(29)16-10-14-6-4-5-7-17(14)26-22(16)24(28)30/h4-11,13,18H,3,12H2,1-2H3/t18-/m1/s1. The molecule has 1 atom stereocenters. The van der Waals surface area contributed by atoms with Crippen molar-refractivity contribution in [2.24, 2.45) is 0 Å². The number of ether oxygens (including phenoxy) is 2. The molecule has 2 amide bonds. The Kier molecular flexibility index (Phi) is 5.21. The molecule has 5 rings (SSSR count). The fourth-order valence-electron chi connectivity index (χ4n) is 4.04. The molecule has 9 heteroatoms. The quantitative estimate of drug-likeness (QED) is 0.398. The van der Waals surface area contributed by atoms with Gasteiger partial charge in [-0.25, -0.2) is 4.98 Å². The van der Waals surface area contributed by atoms with E-state index in [0.29, 0.717) is 35.1 Å². The molecular weight excluding hydrogens is 424 g/mol. The van der Waals surface area contributed by atoms with Crippen LogP contribution in [0, 0.1) is 0 Å². The van der Waals surface area contributed by atoms with Gasteiger partial charge < -0.3 is 13.9 Å². The van der Waals surface area contributed by atoms with Crippen molar-refractivity contribution >= 4 is 22.7 Å². The molecule has 3 heterocycles. The second kappa shape index (κ2) is 8.34. The number of methoxy groups -OCH3 is 1. The van der Waals surface area contributed by atoms with Crippen molar-refractivity contribution in [3.05, 3.63) is 77.6 Å². The van der Waals surface area contributed by atoms with E-state index in [-0.39, 0.29) is 17.7 Å². The van der Waals surface area contributed by atoms with Crippen LogP contribution in [0.4, 0.5) is 0 Å². The van der Waals surface area contributed by atoms with Crippen LogP contribution in [-0.4, -0.2) is 45.6 Å². The van der Waals surface area contributed by atoms with Crippen LogP contribution >= 0.6 is 0 Å². The summed E-state index contributed by atoms with van der Waals surface area (Å²) in [5, 5.41) is 8.46. The van der Waals surface area contributed by atoms with Crippen LogP contribution in [0.15, 0.2) is 59.3 Å². The predicted molar refractivity (Wildman–Crippen MR) is 117 cm³/mol. The summed E-state index contributed by atoms with van der Waals surface area (Å²) < 4.78 is 16.4. The van der Waals surface area contributed by atoms with Crippen LogP contribution in [0.1, 0.15) is 45.3 Å². The van der Waals surface area contributed by atoms with E-state index in [4.69, 9.17) is 13.9 Å². The van der Waals surface area contributed by atoms with E-state index in [1.165, 1.54) is 11.3 Å². The third kappa shape index (κ3) is 3.57. The molecule has 0 aliphatic carbocycles. The van der Waals surface area contributed by atoms with Crippen molar-refractivity contribution in [3.63, 3.8) is 0 Å². The van der Waals surface area contributed by atoms with Crippen LogP contribution in [0.5, 0.6) is 11.5 Å². The number of hydrogen-bond donors (Lipinski definition) is 0. The Morgan fingerprint density at radius 2 is 1.91 bits per heavy atom. The number of fused-ring (bicyclic) bond motifs is 2. The molecule has 33 heavy (non-hydrogen) atoms. The Morgan fingerprint density at radius 3 is 2.67 bits per heavy atom. The third-order valence-electron chi connectivity index (χ3n) is 5.55. The minimum Gasteiger partial charge on any atom is -0.493 e. The molecule has 0 radical (unpaired) electrons. The van der Waals surface area contributed by atoms with Gasteiger partial charge in [0.25, 0.3) is 11.8 Å². The first kappa shape index (κ1) is 20.6. The molecule has 166 valence electrons. The van der Waals surface area contributed by atoms with Gasteiger partial charge in [0.1, 0.15) is 5.69 Å². The fraction of sp³-hybridized carbons (Fsp3) is 0.208. The molecule has 0 fully saturated rings. The summed E-state index contributed by atoms with van der Waals surface area (Å²) in [6, 6.07) is 13.7. The number of carbonyl (C=O) groups is 2. The zero-order valence-electron chi connectivity index (χ0n) is 18.0. The van der Waals surface area contributed by atoms with Crippen molar-refractivity contribution in [2.75, 3.05) is 13.7 Å². The molecule has 2 aromatic carbocycles. The molecule has 1 aliphatic rings. The lowest BCUT2D eigenvalue weighted by molar-refractivity contribution is 0.0574. The van der Waals surface area contributed by atoms with Crippen LogP contribution in [0.2, 0.25) is 0 Å². The summed E-state index contributed by atoms with van der Waals surface area (Å²) in [6.45, 7) is 2.29. The molecular formula is C24H20N4O5. The molecule has 0 unspecified atom stereocenters. The van der Waals surface area contributed by atoms with Crippen molar-refractivity contribution < 1.29 is 23.5 Å². The highest BCUT2D eigenvalue weighted by molar-refractivity contribution is 6.21. The van der Waals surface area contributed by atoms with Gasteiger partial charge in [0.15, 0.2) is 11.5 Å². The van der Waals surface area contributed by atoms with Gasteiger partial charge >= 0.3 is 0 Å². The highest BCUT2D eigenvalue weighted by Gasteiger charge is 2.42. The SMILES string of the molecule is CCOc1cc([C@@H](Cc2nnco2)N2C(=O)c3cc4ccccc4nc3C2=O)ccc1OC. The Morgan fingerprint density at radius 1 is 1.06 bits per heavy atom. The Labute approximate surface area is 189 Å². The first-order valence-corrected chi connectivity index (χ1v) is 10.4. The number of carbonyl (C=O) groups excluding carboxylic acids is 2. The van der Waals surface area contributed by atoms with Gasteiger partial charge in [0.05, 0.1) is 37.3 Å². The summed E-state index contributed by atoms with van der Waals surface area (Å²) in [6.07, 6.45) is 1.35. The van der Waals surface area contributed by atoms with E-state index < -0.39 is 17.9 Å². The number of hydrogen-bond acceptors (Lipinski definition) is 8. The zero-order valence-corrected chi connectivity index (χ0v) is 18.0. The Hall–Kier alpha value is -4.27. The second-order valence-electron chi connectivity index (χ2n) is 7.45. The molecule has 0 spiro atoms. The van der Waals surface area contributed by atoms with Gasteiger partial charge in [0, 0.05) is 5.39 Å². The lowest BCUT2D eigenvalue weighted by Crippen LogP contribution is -2.35. The maximum Gasteiger partial charge on any atom is 0.280 e. The molecule has 2 aromatic heterocycles. The highest BCUT2D eigenvalue weighted by Crippen LogP contribution is 2.37. The molecule has 0 saturated heterocycles. The number of pyridine rings is 1. The van der Waals surface area contributed by atoms with Crippen LogP contribution in [0.25, 0.3) is 10.9 Å². The van der Waals surface area contributed by atoms with Gasteiger partial charge in [-0.1, -0.05) is 24.3 Å². The normalized spacial score (nSPS) is 13.9. The van der Waals surface area contributed by atoms with Crippen molar-refractivity contribution in [1.82, 2.24) is 20.1 Å². The minimum atomic E-state index is -0.715. The van der Waals surface area contributed by atoms with E-state index in [9.17, 15) is 9.59 Å². The van der Waals surface area contributed by atoms with Crippen molar-refractivity contribution in [3.8, 4) is 11.5 Å². The number of benzene rings is 2. The Balaban J connectivity index is 1.61. The molecule has 1 aliphatic heterocycles. The van der Waals surface area contributed by atoms with E-state index in [2.05, 4.69) is 15.2 Å². The first-order chi connectivity index (χ1) is 16.1. The summed E-state index contributed by atoms with van der Waals surface area (Å²) in [5.41, 5.74) is 1.72. The average molecular weight is 444 g/mol. The average Bonchev–Trinajstić information content (AvgIpc) is 3.43. The topological polar surface area (TPSA) is 108 Å². The van der Waals surface area contributed by atoms with E-state index in [1.54, 1.807) is 31.4 Å². The van der Waals surface area contributed by atoms with E-state index >= 15 is 0 Å². The minimum absolute atomic E-state index is 0.132. The number of nitrogens with zero attached hydrogens (tertiary/aromatic N) is 4. The number of imide groups is 1. The summed E-state index contributed by atoms with van der Waals surface area (Å²) in [5.74, 6) is 0.454. The zero-order chi connectivity index (χ0) is 22.9. The lowest BCUT2D eigenvalue weighted by atomic mass is 10.0. The van der Waals surface area contributed by atoms with Gasteiger partial charge in [0.2, 0.25) is 12.3 Å². The van der Waals surface area contributed by atoms with E-state index in [0.717, 1.165) is 5.39 Å². The largest absolute Gasteiger partial charge is 0.493 e. The molecule has 9 nitrogen and oxygen atoms in total. The highest BCUT2D eigenvalue weighted by atomic mass is 16.5. The number of amides is 2. The van der Waals surface area contributed by atoms with Gasteiger partial charge in [-0.05, 0) is 36.8 Å². The Bertz CT molecular complexity index is 1300. The van der Waals surface area contributed by atoms with Crippen LogP contribution in [-0.2, 0) is 6.42 Å². The molecule has 0 N–H and O–H groups in total. The monoisotopic (exact) mass is 444 g/mol. The molecule has 0 bridgehead atoms. The van der Waals surface area contributed by atoms with E-state index in [1.807, 2.05) is 31.2 Å². The molecule has 4 aromatic rings. The maximum absolute atomic E-state index is 13.5. The fourth-order valence-corrected chi connectivity index (χ4v) is 4.04. The maximum atomic E-state index is 13.5. The van der Waals surface area contributed by atoms with Crippen molar-refractivity contribution in [2.45, 2.75) is 19.4 Å². The number of aromatic nitrogens is 3.